The molecule has 0 bridgehead atoms. The van der Waals surface area contributed by atoms with E-state index in [1.165, 1.54) is 0 Å². The Morgan fingerprint density at radius 1 is 1.16 bits per heavy atom. The van der Waals surface area contributed by atoms with E-state index in [0.29, 0.717) is 43.2 Å². The lowest BCUT2D eigenvalue weighted by molar-refractivity contribution is -0.137. The van der Waals surface area contributed by atoms with Crippen LogP contribution in [0.3, 0.4) is 0 Å². The number of carboxylic acids is 1. The van der Waals surface area contributed by atoms with Crippen molar-refractivity contribution in [1.29, 1.82) is 0 Å². The molecule has 0 spiro atoms. The number of carboxylic acid groups (broad SMARTS) is 1. The van der Waals surface area contributed by atoms with Gasteiger partial charge in [0, 0.05) is 43.5 Å². The Hall–Kier alpha value is -2.78. The smallest absolute Gasteiger partial charge is 0.303 e. The Balaban J connectivity index is 1.74. The first kappa shape index (κ1) is 27.3. The van der Waals surface area contributed by atoms with Crippen molar-refractivity contribution in [3.05, 3.63) is 82.6 Å². The number of carbonyl (C=O) groups is 1. The van der Waals surface area contributed by atoms with Crippen LogP contribution in [0.2, 0.25) is 5.02 Å². The molecule has 2 aromatic carbocycles. The van der Waals surface area contributed by atoms with Gasteiger partial charge in [-0.05, 0) is 78.4 Å². The Bertz CT molecular complexity index is 1380. The first-order chi connectivity index (χ1) is 17.7. The average molecular weight is 542 g/mol. The van der Waals surface area contributed by atoms with Gasteiger partial charge in [-0.3, -0.25) is 9.78 Å². The molecule has 0 aliphatic carbocycles. The van der Waals surface area contributed by atoms with Crippen LogP contribution in [-0.2, 0) is 21.2 Å². The Labute approximate surface area is 223 Å². The zero-order chi connectivity index (χ0) is 26.6. The summed E-state index contributed by atoms with van der Waals surface area (Å²) in [4.78, 5) is 17.6. The van der Waals surface area contributed by atoms with E-state index in [-0.39, 0.29) is 11.3 Å². The number of benzene rings is 2. The largest absolute Gasteiger partial charge is 0.481 e. The average Bonchev–Trinajstić information content (AvgIpc) is 2.90. The van der Waals surface area contributed by atoms with Gasteiger partial charge in [-0.2, -0.15) is 4.31 Å². The fraction of sp³-hybridized carbons (Fsp3) is 0.357. The molecule has 4 rings (SSSR count). The van der Waals surface area contributed by atoms with Crippen LogP contribution in [-0.4, -0.2) is 59.9 Å². The van der Waals surface area contributed by atoms with Crippen LogP contribution in [0, 0.1) is 6.92 Å². The monoisotopic (exact) mass is 541 g/mol. The Morgan fingerprint density at radius 3 is 2.70 bits per heavy atom. The number of hydrogen-bond acceptors (Lipinski definition) is 5. The van der Waals surface area contributed by atoms with Crippen molar-refractivity contribution in [3.8, 4) is 11.1 Å². The van der Waals surface area contributed by atoms with Crippen LogP contribution in [0.25, 0.3) is 11.1 Å². The van der Waals surface area contributed by atoms with Crippen molar-refractivity contribution >= 4 is 27.6 Å². The van der Waals surface area contributed by atoms with E-state index in [4.69, 9.17) is 16.7 Å². The van der Waals surface area contributed by atoms with Gasteiger partial charge in [0.25, 0.3) is 0 Å². The van der Waals surface area contributed by atoms with Crippen molar-refractivity contribution in [2.45, 2.75) is 44.0 Å². The summed E-state index contributed by atoms with van der Waals surface area (Å²) < 4.78 is 29.5. The van der Waals surface area contributed by atoms with E-state index in [2.05, 4.69) is 22.9 Å². The molecule has 0 saturated carbocycles. The predicted octanol–water partition coefficient (Wildman–Crippen LogP) is 5.19. The zero-order valence-corrected chi connectivity index (χ0v) is 22.7. The lowest BCUT2D eigenvalue weighted by atomic mass is 9.95. The number of aromatic nitrogens is 1. The van der Waals surface area contributed by atoms with Crippen LogP contribution >= 0.6 is 11.6 Å². The van der Waals surface area contributed by atoms with Gasteiger partial charge in [0.1, 0.15) is 0 Å². The fourth-order valence-corrected chi connectivity index (χ4v) is 7.01. The van der Waals surface area contributed by atoms with Crippen LogP contribution < -0.4 is 0 Å². The molecule has 1 atom stereocenters. The maximum Gasteiger partial charge on any atom is 0.303 e. The molecule has 1 fully saturated rings. The second-order valence-corrected chi connectivity index (χ2v) is 11.6. The lowest BCUT2D eigenvalue weighted by Gasteiger charge is -2.41. The highest BCUT2D eigenvalue weighted by Gasteiger charge is 2.38. The van der Waals surface area contributed by atoms with Gasteiger partial charge in [0.05, 0.1) is 10.9 Å². The van der Waals surface area contributed by atoms with Crippen molar-refractivity contribution in [3.63, 3.8) is 0 Å². The molecule has 2 heterocycles. The molecule has 37 heavy (non-hydrogen) atoms. The molecule has 7 nitrogen and oxygen atoms in total. The minimum atomic E-state index is -3.84. The molecule has 1 saturated heterocycles. The first-order valence-electron chi connectivity index (χ1n) is 12.5. The number of rotatable bonds is 9. The summed E-state index contributed by atoms with van der Waals surface area (Å²) >= 11 is 6.29. The van der Waals surface area contributed by atoms with E-state index >= 15 is 0 Å². The van der Waals surface area contributed by atoms with Gasteiger partial charge in [-0.1, -0.05) is 42.8 Å². The predicted molar refractivity (Wildman–Crippen MR) is 145 cm³/mol. The van der Waals surface area contributed by atoms with Gasteiger partial charge in [-0.25, -0.2) is 8.42 Å². The topological polar surface area (TPSA) is 90.8 Å². The quantitative estimate of drug-likeness (QED) is 0.401. The third-order valence-corrected chi connectivity index (χ3v) is 9.41. The second kappa shape index (κ2) is 11.7. The number of halogens is 1. The van der Waals surface area contributed by atoms with E-state index in [9.17, 15) is 13.2 Å². The minimum Gasteiger partial charge on any atom is -0.481 e. The van der Waals surface area contributed by atoms with Crippen LogP contribution in [0.4, 0.5) is 0 Å². The van der Waals surface area contributed by atoms with Gasteiger partial charge < -0.3 is 10.0 Å². The highest BCUT2D eigenvalue weighted by Crippen LogP contribution is 2.35. The molecule has 1 aliphatic rings. The van der Waals surface area contributed by atoms with Crippen LogP contribution in [0.15, 0.2) is 65.8 Å². The van der Waals surface area contributed by atoms with Gasteiger partial charge in [0.15, 0.2) is 0 Å². The number of aliphatic carboxylic acids is 1. The standard InChI is InChI=1S/C28H32ClN3O4S/c1-3-21-18-30-13-12-24(21)22-7-4-8-23(17-22)26-19-31(14-6-11-28(33)34)15-16-32(26)37(35,36)27-10-5-9-25(29)20(27)2/h4-5,7-10,12-13,17-18,26H,3,6,11,14-16,19H2,1-2H3,(H,33,34). The Morgan fingerprint density at radius 2 is 1.95 bits per heavy atom. The molecule has 3 aromatic rings. The summed E-state index contributed by atoms with van der Waals surface area (Å²) in [5.41, 5.74) is 4.63. The number of hydrogen-bond donors (Lipinski definition) is 1. The fourth-order valence-electron chi connectivity index (χ4n) is 4.94. The van der Waals surface area contributed by atoms with Crippen molar-refractivity contribution in [2.24, 2.45) is 0 Å². The molecule has 0 radical (unpaired) electrons. The summed E-state index contributed by atoms with van der Waals surface area (Å²) in [5, 5.41) is 9.47. The second-order valence-electron chi connectivity index (χ2n) is 9.30. The van der Waals surface area contributed by atoms with Crippen molar-refractivity contribution < 1.29 is 18.3 Å². The van der Waals surface area contributed by atoms with E-state index in [0.717, 1.165) is 28.7 Å². The molecular formula is C28H32ClN3O4S. The molecular weight excluding hydrogens is 510 g/mol. The summed E-state index contributed by atoms with van der Waals surface area (Å²) in [6.45, 7) is 5.70. The van der Waals surface area contributed by atoms with E-state index in [1.807, 2.05) is 30.5 Å². The molecule has 0 amide bonds. The molecule has 1 unspecified atom stereocenters. The van der Waals surface area contributed by atoms with Gasteiger partial charge >= 0.3 is 5.97 Å². The maximum atomic E-state index is 14.0. The number of nitrogens with zero attached hydrogens (tertiary/aromatic N) is 3. The van der Waals surface area contributed by atoms with E-state index < -0.39 is 22.0 Å². The number of piperazine rings is 1. The Kier molecular flexibility index (Phi) is 8.64. The lowest BCUT2D eigenvalue weighted by Crippen LogP contribution is -2.50. The summed E-state index contributed by atoms with van der Waals surface area (Å²) in [6, 6.07) is 14.5. The zero-order valence-electron chi connectivity index (χ0n) is 21.1. The molecule has 196 valence electrons. The highest BCUT2D eigenvalue weighted by molar-refractivity contribution is 7.89. The van der Waals surface area contributed by atoms with Crippen LogP contribution in [0.5, 0.6) is 0 Å². The minimum absolute atomic E-state index is 0.0855. The third-order valence-electron chi connectivity index (χ3n) is 6.95. The first-order valence-corrected chi connectivity index (χ1v) is 14.3. The summed E-state index contributed by atoms with van der Waals surface area (Å²) in [5.74, 6) is -0.828. The highest BCUT2D eigenvalue weighted by atomic mass is 35.5. The van der Waals surface area contributed by atoms with E-state index in [1.54, 1.807) is 35.6 Å². The van der Waals surface area contributed by atoms with Gasteiger partial charge in [-0.15, -0.1) is 0 Å². The SMILES string of the molecule is CCc1cnccc1-c1cccc(C2CN(CCCC(=O)O)CCN2S(=O)(=O)c2cccc(Cl)c2C)c1. The third kappa shape index (κ3) is 6.04. The van der Waals surface area contributed by atoms with Crippen molar-refractivity contribution in [1.82, 2.24) is 14.2 Å². The number of sulfonamides is 1. The van der Waals surface area contributed by atoms with Crippen molar-refractivity contribution in [2.75, 3.05) is 26.2 Å². The molecule has 1 aliphatic heterocycles. The number of pyridine rings is 1. The van der Waals surface area contributed by atoms with Crippen LogP contribution in [0.1, 0.15) is 42.5 Å². The summed E-state index contributed by atoms with van der Waals surface area (Å²) in [7, 11) is -3.84. The molecule has 9 heteroatoms. The molecule has 1 N–H and O–H groups in total. The number of aryl methyl sites for hydroxylation is 1. The molecule has 1 aromatic heterocycles. The summed E-state index contributed by atoms with van der Waals surface area (Å²) in [6.07, 6.45) is 5.07. The van der Waals surface area contributed by atoms with Gasteiger partial charge in [0.2, 0.25) is 10.0 Å². The normalized spacial score (nSPS) is 17.1. The maximum absolute atomic E-state index is 14.0.